The highest BCUT2D eigenvalue weighted by atomic mass is 16.1. The zero-order valence-electron chi connectivity index (χ0n) is 15.0. The summed E-state index contributed by atoms with van der Waals surface area (Å²) in [7, 11) is 0. The molecule has 134 valence electrons. The molecule has 0 bridgehead atoms. The topological polar surface area (TPSA) is 61.0 Å². The minimum atomic E-state index is 0.00223. The van der Waals surface area contributed by atoms with Crippen LogP contribution in [0.5, 0.6) is 0 Å². The number of carbonyl (C=O) groups is 1. The minimum Gasteiger partial charge on any atom is -0.352 e. The number of aromatic amines is 1. The number of rotatable bonds is 4. The van der Waals surface area contributed by atoms with Gasteiger partial charge in [-0.15, -0.1) is 0 Å². The van der Waals surface area contributed by atoms with E-state index in [0.717, 1.165) is 41.9 Å². The molecule has 1 aliphatic heterocycles. The first-order valence-electron chi connectivity index (χ1n) is 9.22. The van der Waals surface area contributed by atoms with Gasteiger partial charge in [0.2, 0.25) is 11.9 Å². The molecule has 2 N–H and O–H groups in total. The molecule has 4 rings (SSSR count). The van der Waals surface area contributed by atoms with Crippen molar-refractivity contribution in [1.82, 2.24) is 15.3 Å². The van der Waals surface area contributed by atoms with Crippen LogP contribution in [-0.4, -0.2) is 29.0 Å². The largest absolute Gasteiger partial charge is 0.352 e. The monoisotopic (exact) mass is 348 g/mol. The molecule has 5 heteroatoms. The van der Waals surface area contributed by atoms with Crippen LogP contribution in [0.2, 0.25) is 0 Å². The molecule has 5 nitrogen and oxygen atoms in total. The molecule has 2 heterocycles. The van der Waals surface area contributed by atoms with Crippen LogP contribution < -0.4 is 10.2 Å². The van der Waals surface area contributed by atoms with Crippen LogP contribution in [0.3, 0.4) is 0 Å². The molecule has 0 radical (unpaired) electrons. The molecular formula is C21H24N4O. The van der Waals surface area contributed by atoms with Crippen LogP contribution in [-0.2, 0) is 11.3 Å². The molecule has 1 amide bonds. The molecule has 0 aliphatic carbocycles. The second-order valence-electron chi connectivity index (χ2n) is 7.07. The summed E-state index contributed by atoms with van der Waals surface area (Å²) < 4.78 is 0. The SMILES string of the molecule is Cc1ccc(CNC(=O)[C@@H]2CCCN(c3nc4ccccc4[nH]3)C2)cc1. The predicted molar refractivity (Wildman–Crippen MR) is 104 cm³/mol. The molecule has 1 fully saturated rings. The summed E-state index contributed by atoms with van der Waals surface area (Å²) in [4.78, 5) is 22.9. The standard InChI is InChI=1S/C21H24N4O/c1-15-8-10-16(11-9-15)13-22-20(26)17-5-4-12-25(14-17)21-23-18-6-2-3-7-19(18)24-21/h2-3,6-11,17H,4-5,12-14H2,1H3,(H,22,26)(H,23,24)/t17-/m1/s1. The summed E-state index contributed by atoms with van der Waals surface area (Å²) in [5.41, 5.74) is 4.37. The number of benzene rings is 2. The number of imidazole rings is 1. The van der Waals surface area contributed by atoms with Crippen molar-refractivity contribution >= 4 is 22.9 Å². The second-order valence-corrected chi connectivity index (χ2v) is 7.07. The number of amides is 1. The van der Waals surface area contributed by atoms with Crippen LogP contribution in [0.15, 0.2) is 48.5 Å². The number of nitrogens with zero attached hydrogens (tertiary/aromatic N) is 2. The van der Waals surface area contributed by atoms with Crippen LogP contribution in [0.1, 0.15) is 24.0 Å². The third-order valence-electron chi connectivity index (χ3n) is 5.06. The second kappa shape index (κ2) is 7.20. The van der Waals surface area contributed by atoms with Crippen molar-refractivity contribution in [3.63, 3.8) is 0 Å². The molecular weight excluding hydrogens is 324 g/mol. The quantitative estimate of drug-likeness (QED) is 0.760. The van der Waals surface area contributed by atoms with Crippen LogP contribution in [0.4, 0.5) is 5.95 Å². The van der Waals surface area contributed by atoms with Crippen molar-refractivity contribution in [2.45, 2.75) is 26.3 Å². The molecule has 1 aromatic heterocycles. The Morgan fingerprint density at radius 1 is 1.23 bits per heavy atom. The molecule has 2 aromatic carbocycles. The van der Waals surface area contributed by atoms with Crippen molar-refractivity contribution in [2.75, 3.05) is 18.0 Å². The van der Waals surface area contributed by atoms with Crippen LogP contribution in [0, 0.1) is 12.8 Å². The number of anilines is 1. The maximum absolute atomic E-state index is 12.6. The van der Waals surface area contributed by atoms with Gasteiger partial charge in [-0.25, -0.2) is 4.98 Å². The first-order valence-corrected chi connectivity index (χ1v) is 9.22. The van der Waals surface area contributed by atoms with E-state index in [0.29, 0.717) is 13.1 Å². The lowest BCUT2D eigenvalue weighted by Gasteiger charge is -2.31. The van der Waals surface area contributed by atoms with Crippen molar-refractivity contribution in [2.24, 2.45) is 5.92 Å². The van der Waals surface area contributed by atoms with E-state index >= 15 is 0 Å². The number of para-hydroxylation sites is 2. The molecule has 26 heavy (non-hydrogen) atoms. The number of hydrogen-bond acceptors (Lipinski definition) is 3. The Labute approximate surface area is 153 Å². The summed E-state index contributed by atoms with van der Waals surface area (Å²) in [5, 5.41) is 3.09. The lowest BCUT2D eigenvalue weighted by molar-refractivity contribution is -0.125. The van der Waals surface area contributed by atoms with E-state index < -0.39 is 0 Å². The average Bonchev–Trinajstić information content (AvgIpc) is 3.12. The van der Waals surface area contributed by atoms with Gasteiger partial charge in [-0.1, -0.05) is 42.0 Å². The minimum absolute atomic E-state index is 0.00223. The number of aromatic nitrogens is 2. The Morgan fingerprint density at radius 3 is 2.85 bits per heavy atom. The van der Waals surface area contributed by atoms with Crippen LogP contribution >= 0.6 is 0 Å². The molecule has 1 atom stereocenters. The normalized spacial score (nSPS) is 17.4. The average molecular weight is 348 g/mol. The van der Waals surface area contributed by atoms with E-state index in [2.05, 4.69) is 51.4 Å². The number of hydrogen-bond donors (Lipinski definition) is 2. The Hall–Kier alpha value is -2.82. The molecule has 1 saturated heterocycles. The smallest absolute Gasteiger partial charge is 0.225 e. The third-order valence-corrected chi connectivity index (χ3v) is 5.06. The van der Waals surface area contributed by atoms with Gasteiger partial charge in [-0.3, -0.25) is 4.79 Å². The Kier molecular flexibility index (Phi) is 4.61. The fraction of sp³-hybridized carbons (Fsp3) is 0.333. The van der Waals surface area contributed by atoms with Gasteiger partial charge in [0.05, 0.1) is 17.0 Å². The fourth-order valence-electron chi connectivity index (χ4n) is 3.51. The lowest BCUT2D eigenvalue weighted by atomic mass is 9.97. The van der Waals surface area contributed by atoms with E-state index in [9.17, 15) is 4.79 Å². The van der Waals surface area contributed by atoms with E-state index in [1.165, 1.54) is 5.56 Å². The van der Waals surface area contributed by atoms with Crippen molar-refractivity contribution in [3.8, 4) is 0 Å². The van der Waals surface area contributed by atoms with Gasteiger partial charge in [-0.2, -0.15) is 0 Å². The lowest BCUT2D eigenvalue weighted by Crippen LogP contribution is -2.43. The van der Waals surface area contributed by atoms with Gasteiger partial charge >= 0.3 is 0 Å². The summed E-state index contributed by atoms with van der Waals surface area (Å²) in [6.45, 7) is 4.29. The van der Waals surface area contributed by atoms with E-state index in [-0.39, 0.29) is 11.8 Å². The first kappa shape index (κ1) is 16.6. The highest BCUT2D eigenvalue weighted by Crippen LogP contribution is 2.23. The van der Waals surface area contributed by atoms with E-state index in [1.54, 1.807) is 0 Å². The van der Waals surface area contributed by atoms with Crippen molar-refractivity contribution in [1.29, 1.82) is 0 Å². The number of fused-ring (bicyclic) bond motifs is 1. The Bertz CT molecular complexity index is 867. The Morgan fingerprint density at radius 2 is 2.04 bits per heavy atom. The zero-order valence-corrected chi connectivity index (χ0v) is 15.0. The van der Waals surface area contributed by atoms with Gasteiger partial charge in [0.25, 0.3) is 0 Å². The van der Waals surface area contributed by atoms with E-state index in [1.807, 2.05) is 24.3 Å². The van der Waals surface area contributed by atoms with Gasteiger partial charge < -0.3 is 15.2 Å². The molecule has 0 saturated carbocycles. The number of nitrogens with one attached hydrogen (secondary N) is 2. The first-order chi connectivity index (χ1) is 12.7. The molecule has 3 aromatic rings. The fourth-order valence-corrected chi connectivity index (χ4v) is 3.51. The summed E-state index contributed by atoms with van der Waals surface area (Å²) in [5.74, 6) is 0.996. The number of aryl methyl sites for hydroxylation is 1. The number of piperidine rings is 1. The van der Waals surface area contributed by atoms with Gasteiger partial charge in [0, 0.05) is 19.6 Å². The third kappa shape index (κ3) is 3.57. The maximum atomic E-state index is 12.6. The molecule has 0 unspecified atom stereocenters. The maximum Gasteiger partial charge on any atom is 0.225 e. The highest BCUT2D eigenvalue weighted by Gasteiger charge is 2.27. The van der Waals surface area contributed by atoms with Crippen molar-refractivity contribution < 1.29 is 4.79 Å². The molecule has 0 spiro atoms. The predicted octanol–water partition coefficient (Wildman–Crippen LogP) is 3.40. The molecule has 1 aliphatic rings. The van der Waals surface area contributed by atoms with Gasteiger partial charge in [0.1, 0.15) is 0 Å². The number of carbonyl (C=O) groups excluding carboxylic acids is 1. The number of H-pyrrole nitrogens is 1. The Balaban J connectivity index is 1.39. The van der Waals surface area contributed by atoms with Crippen molar-refractivity contribution in [3.05, 3.63) is 59.7 Å². The van der Waals surface area contributed by atoms with Gasteiger partial charge in [0.15, 0.2) is 0 Å². The van der Waals surface area contributed by atoms with Gasteiger partial charge in [-0.05, 0) is 37.5 Å². The summed E-state index contributed by atoms with van der Waals surface area (Å²) in [6, 6.07) is 16.3. The summed E-state index contributed by atoms with van der Waals surface area (Å²) in [6.07, 6.45) is 1.93. The zero-order chi connectivity index (χ0) is 17.9. The van der Waals surface area contributed by atoms with E-state index in [4.69, 9.17) is 0 Å². The highest BCUT2D eigenvalue weighted by molar-refractivity contribution is 5.80. The summed E-state index contributed by atoms with van der Waals surface area (Å²) >= 11 is 0. The van der Waals surface area contributed by atoms with Crippen LogP contribution in [0.25, 0.3) is 11.0 Å².